The molecule has 4 rings (SSSR count). The van der Waals surface area contributed by atoms with Gasteiger partial charge < -0.3 is 10.0 Å². The normalized spacial score (nSPS) is 14.3. The highest BCUT2D eigenvalue weighted by Crippen LogP contribution is 2.26. The van der Waals surface area contributed by atoms with E-state index in [1.165, 1.54) is 30.7 Å². The highest BCUT2D eigenvalue weighted by molar-refractivity contribution is 5.63. The lowest BCUT2D eigenvalue weighted by Crippen LogP contribution is -2.17. The largest absolute Gasteiger partial charge is 0.505 e. The van der Waals surface area contributed by atoms with Crippen molar-refractivity contribution < 1.29 is 9.50 Å². The van der Waals surface area contributed by atoms with Crippen LogP contribution >= 0.6 is 0 Å². The number of hydrogen-bond acceptors (Lipinski definition) is 3. The zero-order valence-electron chi connectivity index (χ0n) is 13.2. The molecule has 24 heavy (non-hydrogen) atoms. The lowest BCUT2D eigenvalue weighted by molar-refractivity contribution is 0.432. The third kappa shape index (κ3) is 2.73. The number of phenolic OH excluding ortho intramolecular Hbond substituents is 1. The van der Waals surface area contributed by atoms with Crippen molar-refractivity contribution in [3.8, 4) is 22.6 Å². The number of anilines is 1. The summed E-state index contributed by atoms with van der Waals surface area (Å²) in [7, 11) is 0. The first-order valence-corrected chi connectivity index (χ1v) is 8.10. The molecule has 5 heteroatoms. The maximum absolute atomic E-state index is 13.5. The van der Waals surface area contributed by atoms with E-state index >= 15 is 0 Å². The van der Waals surface area contributed by atoms with Gasteiger partial charge in [-0.25, -0.2) is 9.07 Å². The van der Waals surface area contributed by atoms with E-state index in [9.17, 15) is 9.50 Å². The van der Waals surface area contributed by atoms with Crippen LogP contribution in [0.5, 0.6) is 5.75 Å². The number of rotatable bonds is 3. The van der Waals surface area contributed by atoms with E-state index in [1.807, 2.05) is 18.3 Å². The zero-order chi connectivity index (χ0) is 16.5. The molecule has 0 aliphatic carbocycles. The molecule has 0 radical (unpaired) electrons. The van der Waals surface area contributed by atoms with Gasteiger partial charge in [0.05, 0.1) is 11.9 Å². The molecule has 0 amide bonds. The standard InChI is InChI=1S/C19H18FN3O/c20-18-11-14(3-8-19(18)24)15-12-21-23(13-15)17-6-4-16(5-7-17)22-9-1-2-10-22/h3-8,11-13,24H,1-2,9-10H2. The van der Waals surface area contributed by atoms with Crippen molar-refractivity contribution in [2.24, 2.45) is 0 Å². The van der Waals surface area contributed by atoms with Gasteiger partial charge >= 0.3 is 0 Å². The molecule has 0 spiro atoms. The number of hydrogen-bond donors (Lipinski definition) is 1. The molecule has 2 heterocycles. The molecule has 1 aliphatic rings. The summed E-state index contributed by atoms with van der Waals surface area (Å²) >= 11 is 0. The molecule has 3 aromatic rings. The van der Waals surface area contributed by atoms with Crippen molar-refractivity contribution in [3.05, 3.63) is 60.7 Å². The van der Waals surface area contributed by atoms with E-state index in [-0.39, 0.29) is 5.75 Å². The summed E-state index contributed by atoms with van der Waals surface area (Å²) in [5, 5.41) is 13.7. The third-order valence-corrected chi connectivity index (χ3v) is 4.45. The van der Waals surface area contributed by atoms with E-state index < -0.39 is 5.82 Å². The first-order valence-electron chi connectivity index (χ1n) is 8.10. The van der Waals surface area contributed by atoms with Crippen LogP contribution in [0.4, 0.5) is 10.1 Å². The van der Waals surface area contributed by atoms with Crippen LogP contribution < -0.4 is 4.90 Å². The van der Waals surface area contributed by atoms with Crippen LogP contribution in [-0.2, 0) is 0 Å². The molecule has 0 atom stereocenters. The van der Waals surface area contributed by atoms with Crippen LogP contribution in [0, 0.1) is 5.82 Å². The maximum Gasteiger partial charge on any atom is 0.165 e. The summed E-state index contributed by atoms with van der Waals surface area (Å²) in [6.07, 6.45) is 6.07. The van der Waals surface area contributed by atoms with Crippen molar-refractivity contribution in [2.75, 3.05) is 18.0 Å². The number of halogens is 1. The molecule has 0 saturated carbocycles. The van der Waals surface area contributed by atoms with Gasteiger partial charge in [0.2, 0.25) is 0 Å². The van der Waals surface area contributed by atoms with Crippen molar-refractivity contribution in [3.63, 3.8) is 0 Å². The Hall–Kier alpha value is -2.82. The Bertz CT molecular complexity index is 851. The smallest absolute Gasteiger partial charge is 0.165 e. The van der Waals surface area contributed by atoms with E-state index in [2.05, 4.69) is 22.1 Å². The summed E-state index contributed by atoms with van der Waals surface area (Å²) in [4.78, 5) is 2.39. The second-order valence-electron chi connectivity index (χ2n) is 6.05. The SMILES string of the molecule is Oc1ccc(-c2cnn(-c3ccc(N4CCCC4)cc3)c2)cc1F. The second kappa shape index (κ2) is 6.00. The molecule has 1 N–H and O–H groups in total. The maximum atomic E-state index is 13.5. The predicted molar refractivity (Wildman–Crippen MR) is 92.1 cm³/mol. The molecular formula is C19H18FN3O. The minimum absolute atomic E-state index is 0.344. The number of aromatic hydroxyl groups is 1. The summed E-state index contributed by atoms with van der Waals surface area (Å²) in [6, 6.07) is 12.7. The van der Waals surface area contributed by atoms with Crippen LogP contribution in [0.1, 0.15) is 12.8 Å². The van der Waals surface area contributed by atoms with Gasteiger partial charge in [0.15, 0.2) is 11.6 Å². The zero-order valence-corrected chi connectivity index (χ0v) is 13.2. The van der Waals surface area contributed by atoms with Gasteiger partial charge in [-0.05, 0) is 54.8 Å². The van der Waals surface area contributed by atoms with Crippen molar-refractivity contribution in [1.29, 1.82) is 0 Å². The van der Waals surface area contributed by atoms with Crippen LogP contribution in [0.25, 0.3) is 16.8 Å². The Balaban J connectivity index is 1.58. The second-order valence-corrected chi connectivity index (χ2v) is 6.05. The van der Waals surface area contributed by atoms with Crippen molar-refractivity contribution >= 4 is 5.69 Å². The first kappa shape index (κ1) is 14.8. The molecule has 1 saturated heterocycles. The number of aromatic nitrogens is 2. The molecule has 2 aromatic carbocycles. The molecule has 1 aromatic heterocycles. The molecule has 1 aliphatic heterocycles. The Kier molecular flexibility index (Phi) is 3.69. The van der Waals surface area contributed by atoms with Gasteiger partial charge in [0.25, 0.3) is 0 Å². The molecule has 0 bridgehead atoms. The lowest BCUT2D eigenvalue weighted by atomic mass is 10.1. The predicted octanol–water partition coefficient (Wildman–Crippen LogP) is 3.98. The van der Waals surface area contributed by atoms with Crippen LogP contribution in [0.15, 0.2) is 54.9 Å². The van der Waals surface area contributed by atoms with E-state index in [0.717, 1.165) is 24.3 Å². The molecule has 1 fully saturated rings. The lowest BCUT2D eigenvalue weighted by Gasteiger charge is -2.17. The summed E-state index contributed by atoms with van der Waals surface area (Å²) in [5.41, 5.74) is 3.69. The number of nitrogens with zero attached hydrogens (tertiary/aromatic N) is 3. The highest BCUT2D eigenvalue weighted by atomic mass is 19.1. The van der Waals surface area contributed by atoms with E-state index in [4.69, 9.17) is 0 Å². The summed E-state index contributed by atoms with van der Waals surface area (Å²) in [5.74, 6) is -0.973. The minimum atomic E-state index is -0.629. The quantitative estimate of drug-likeness (QED) is 0.792. The molecule has 122 valence electrons. The minimum Gasteiger partial charge on any atom is -0.505 e. The molecule has 4 nitrogen and oxygen atoms in total. The monoisotopic (exact) mass is 323 g/mol. The Morgan fingerprint density at radius 2 is 1.62 bits per heavy atom. The van der Waals surface area contributed by atoms with Crippen LogP contribution in [0.3, 0.4) is 0 Å². The highest BCUT2D eigenvalue weighted by Gasteiger charge is 2.12. The molecular weight excluding hydrogens is 305 g/mol. The number of benzene rings is 2. The van der Waals surface area contributed by atoms with Crippen LogP contribution in [-0.4, -0.2) is 28.0 Å². The summed E-state index contributed by atoms with van der Waals surface area (Å²) < 4.78 is 15.3. The average Bonchev–Trinajstić information content (AvgIpc) is 3.29. The van der Waals surface area contributed by atoms with Crippen molar-refractivity contribution in [2.45, 2.75) is 12.8 Å². The Labute approximate surface area is 139 Å². The van der Waals surface area contributed by atoms with Crippen molar-refractivity contribution in [1.82, 2.24) is 9.78 Å². The fourth-order valence-corrected chi connectivity index (χ4v) is 3.09. The van der Waals surface area contributed by atoms with Gasteiger partial charge in [-0.2, -0.15) is 5.10 Å². The fraction of sp³-hybridized carbons (Fsp3) is 0.211. The van der Waals surface area contributed by atoms with E-state index in [0.29, 0.717) is 5.56 Å². The van der Waals surface area contributed by atoms with Crippen LogP contribution in [0.2, 0.25) is 0 Å². The van der Waals surface area contributed by atoms with E-state index in [1.54, 1.807) is 16.9 Å². The van der Waals surface area contributed by atoms with Gasteiger partial charge in [0, 0.05) is 30.5 Å². The fourth-order valence-electron chi connectivity index (χ4n) is 3.09. The molecule has 0 unspecified atom stereocenters. The average molecular weight is 323 g/mol. The summed E-state index contributed by atoms with van der Waals surface area (Å²) in [6.45, 7) is 2.25. The third-order valence-electron chi connectivity index (χ3n) is 4.45. The number of phenols is 1. The topological polar surface area (TPSA) is 41.3 Å². The van der Waals surface area contributed by atoms with Gasteiger partial charge in [-0.1, -0.05) is 6.07 Å². The Morgan fingerprint density at radius 3 is 2.33 bits per heavy atom. The van der Waals surface area contributed by atoms with Gasteiger partial charge in [-0.15, -0.1) is 0 Å². The van der Waals surface area contributed by atoms with Gasteiger partial charge in [-0.3, -0.25) is 0 Å². The van der Waals surface area contributed by atoms with Gasteiger partial charge in [0.1, 0.15) is 0 Å². The Morgan fingerprint density at radius 1 is 0.917 bits per heavy atom. The first-order chi connectivity index (χ1) is 11.7.